The van der Waals surface area contributed by atoms with Crippen LogP contribution < -0.4 is 5.73 Å². The first kappa shape index (κ1) is 13.4. The van der Waals surface area contributed by atoms with E-state index in [2.05, 4.69) is 6.92 Å². The smallest absolute Gasteiger partial charge is 0.115 e. The average molecular weight is 247 g/mol. The highest BCUT2D eigenvalue weighted by molar-refractivity contribution is 5.27. The normalized spacial score (nSPS) is 28.9. The molecule has 1 aromatic carbocycles. The van der Waals surface area contributed by atoms with E-state index in [0.717, 1.165) is 25.2 Å². The predicted molar refractivity (Wildman–Crippen MR) is 75.6 cm³/mol. The maximum absolute atomic E-state index is 9.31. The molecule has 0 radical (unpaired) electrons. The molecular formula is C16H25NO. The maximum Gasteiger partial charge on any atom is 0.115 e. The largest absolute Gasteiger partial charge is 0.508 e. The summed E-state index contributed by atoms with van der Waals surface area (Å²) in [5.41, 5.74) is 7.78. The highest BCUT2D eigenvalue weighted by Crippen LogP contribution is 2.32. The molecule has 2 atom stereocenters. The van der Waals surface area contributed by atoms with Crippen molar-refractivity contribution in [3.8, 4) is 5.75 Å². The number of phenolic OH excluding ortho intramolecular Hbond substituents is 1. The number of nitrogens with two attached hydrogens (primary N) is 1. The third-order valence-electron chi connectivity index (χ3n) is 4.41. The first-order valence-corrected chi connectivity index (χ1v) is 7.18. The summed E-state index contributed by atoms with van der Waals surface area (Å²) in [7, 11) is 0. The standard InChI is InChI=1S/C16H25NO/c1-2-13-4-3-10-16(17,11-9-13)12-14-5-7-15(18)8-6-14/h5-8,13,18H,2-4,9-12,17H2,1H3. The molecule has 0 saturated heterocycles. The van der Waals surface area contributed by atoms with Crippen LogP contribution in [0, 0.1) is 5.92 Å². The number of hydrogen-bond acceptors (Lipinski definition) is 2. The zero-order valence-electron chi connectivity index (χ0n) is 11.4. The summed E-state index contributed by atoms with van der Waals surface area (Å²) < 4.78 is 0. The second-order valence-corrected chi connectivity index (χ2v) is 5.91. The van der Waals surface area contributed by atoms with Crippen molar-refractivity contribution in [2.24, 2.45) is 11.7 Å². The monoisotopic (exact) mass is 247 g/mol. The Kier molecular flexibility index (Phi) is 4.28. The van der Waals surface area contributed by atoms with Crippen molar-refractivity contribution in [1.82, 2.24) is 0 Å². The van der Waals surface area contributed by atoms with Gasteiger partial charge in [0, 0.05) is 5.54 Å². The van der Waals surface area contributed by atoms with Crippen LogP contribution in [0.4, 0.5) is 0 Å². The van der Waals surface area contributed by atoms with Gasteiger partial charge in [0.2, 0.25) is 0 Å². The lowest BCUT2D eigenvalue weighted by atomic mass is 9.84. The summed E-state index contributed by atoms with van der Waals surface area (Å²) in [6, 6.07) is 7.49. The lowest BCUT2D eigenvalue weighted by molar-refractivity contribution is 0.358. The third-order valence-corrected chi connectivity index (χ3v) is 4.41. The van der Waals surface area contributed by atoms with Gasteiger partial charge in [-0.05, 0) is 49.3 Å². The summed E-state index contributed by atoms with van der Waals surface area (Å²) in [6.45, 7) is 2.29. The molecule has 1 aliphatic carbocycles. The number of rotatable bonds is 3. The fourth-order valence-corrected chi connectivity index (χ4v) is 3.11. The Labute approximate surface area is 110 Å². The van der Waals surface area contributed by atoms with Crippen molar-refractivity contribution in [1.29, 1.82) is 0 Å². The molecule has 0 amide bonds. The van der Waals surface area contributed by atoms with Crippen molar-refractivity contribution in [3.05, 3.63) is 29.8 Å². The molecule has 2 unspecified atom stereocenters. The van der Waals surface area contributed by atoms with Gasteiger partial charge in [-0.1, -0.05) is 38.3 Å². The SMILES string of the molecule is CCC1CCCC(N)(Cc2ccc(O)cc2)CC1. The topological polar surface area (TPSA) is 46.2 Å². The van der Waals surface area contributed by atoms with Gasteiger partial charge in [-0.3, -0.25) is 0 Å². The summed E-state index contributed by atoms with van der Waals surface area (Å²) in [4.78, 5) is 0. The van der Waals surface area contributed by atoms with Gasteiger partial charge >= 0.3 is 0 Å². The Morgan fingerprint density at radius 3 is 2.61 bits per heavy atom. The van der Waals surface area contributed by atoms with E-state index in [0.29, 0.717) is 5.75 Å². The number of aromatic hydroxyl groups is 1. The van der Waals surface area contributed by atoms with Gasteiger partial charge in [0.15, 0.2) is 0 Å². The number of hydrogen-bond donors (Lipinski definition) is 2. The molecule has 2 nitrogen and oxygen atoms in total. The first-order valence-electron chi connectivity index (χ1n) is 7.18. The average Bonchev–Trinajstić information content (AvgIpc) is 2.54. The predicted octanol–water partition coefficient (Wildman–Crippen LogP) is 3.62. The molecule has 0 heterocycles. The minimum Gasteiger partial charge on any atom is -0.508 e. The molecule has 1 aliphatic rings. The Morgan fingerprint density at radius 1 is 1.22 bits per heavy atom. The molecule has 2 rings (SSSR count). The molecule has 0 spiro atoms. The van der Waals surface area contributed by atoms with Gasteiger partial charge in [0.05, 0.1) is 0 Å². The molecule has 1 fully saturated rings. The fraction of sp³-hybridized carbons (Fsp3) is 0.625. The second kappa shape index (κ2) is 5.75. The van der Waals surface area contributed by atoms with E-state index in [9.17, 15) is 5.11 Å². The van der Waals surface area contributed by atoms with Crippen molar-refractivity contribution < 1.29 is 5.11 Å². The lowest BCUT2D eigenvalue weighted by Crippen LogP contribution is -2.41. The quantitative estimate of drug-likeness (QED) is 0.801. The van der Waals surface area contributed by atoms with Gasteiger partial charge in [-0.15, -0.1) is 0 Å². The van der Waals surface area contributed by atoms with Gasteiger partial charge in [0.25, 0.3) is 0 Å². The van der Waals surface area contributed by atoms with E-state index >= 15 is 0 Å². The van der Waals surface area contributed by atoms with Crippen LogP contribution in [0.15, 0.2) is 24.3 Å². The maximum atomic E-state index is 9.31. The van der Waals surface area contributed by atoms with Crippen LogP contribution >= 0.6 is 0 Å². The van der Waals surface area contributed by atoms with Crippen molar-refractivity contribution in [3.63, 3.8) is 0 Å². The summed E-state index contributed by atoms with van der Waals surface area (Å²) in [6.07, 6.45) is 8.35. The van der Waals surface area contributed by atoms with Gasteiger partial charge in [-0.25, -0.2) is 0 Å². The third kappa shape index (κ3) is 3.49. The van der Waals surface area contributed by atoms with Gasteiger partial charge in [-0.2, -0.15) is 0 Å². The molecule has 3 N–H and O–H groups in total. The first-order chi connectivity index (χ1) is 8.61. The molecular weight excluding hydrogens is 222 g/mol. The Hall–Kier alpha value is -1.02. The van der Waals surface area contributed by atoms with Crippen molar-refractivity contribution in [2.75, 3.05) is 0 Å². The highest BCUT2D eigenvalue weighted by Gasteiger charge is 2.28. The van der Waals surface area contributed by atoms with E-state index in [-0.39, 0.29) is 5.54 Å². The minimum absolute atomic E-state index is 0.0408. The van der Waals surface area contributed by atoms with Crippen LogP contribution in [0.5, 0.6) is 5.75 Å². The Bertz CT molecular complexity index is 373. The minimum atomic E-state index is -0.0408. The molecule has 0 aromatic heterocycles. The second-order valence-electron chi connectivity index (χ2n) is 5.91. The van der Waals surface area contributed by atoms with Crippen LogP contribution in [0.2, 0.25) is 0 Å². The molecule has 0 bridgehead atoms. The van der Waals surface area contributed by atoms with Crippen LogP contribution in [0.3, 0.4) is 0 Å². The van der Waals surface area contributed by atoms with Crippen molar-refractivity contribution in [2.45, 2.75) is 57.4 Å². The Balaban J connectivity index is 2.00. The summed E-state index contributed by atoms with van der Waals surface area (Å²) in [5, 5.41) is 9.31. The zero-order chi connectivity index (χ0) is 13.0. The molecule has 1 aromatic rings. The van der Waals surface area contributed by atoms with Crippen molar-refractivity contribution >= 4 is 0 Å². The van der Waals surface area contributed by atoms with E-state index in [4.69, 9.17) is 5.73 Å². The Morgan fingerprint density at radius 2 is 1.94 bits per heavy atom. The molecule has 100 valence electrons. The zero-order valence-corrected chi connectivity index (χ0v) is 11.4. The number of benzene rings is 1. The fourth-order valence-electron chi connectivity index (χ4n) is 3.11. The van der Waals surface area contributed by atoms with E-state index in [1.165, 1.54) is 31.2 Å². The van der Waals surface area contributed by atoms with E-state index in [1.54, 1.807) is 12.1 Å². The molecule has 1 saturated carbocycles. The van der Waals surface area contributed by atoms with Gasteiger partial charge < -0.3 is 10.8 Å². The van der Waals surface area contributed by atoms with Gasteiger partial charge in [0.1, 0.15) is 5.75 Å². The highest BCUT2D eigenvalue weighted by atomic mass is 16.3. The molecule has 2 heteroatoms. The van der Waals surface area contributed by atoms with E-state index < -0.39 is 0 Å². The summed E-state index contributed by atoms with van der Waals surface area (Å²) in [5.74, 6) is 1.20. The van der Waals surface area contributed by atoms with Crippen LogP contribution in [0.1, 0.15) is 51.0 Å². The number of phenols is 1. The molecule has 0 aliphatic heterocycles. The summed E-state index contributed by atoms with van der Waals surface area (Å²) >= 11 is 0. The van der Waals surface area contributed by atoms with Crippen LogP contribution in [0.25, 0.3) is 0 Å². The van der Waals surface area contributed by atoms with Crippen LogP contribution in [-0.2, 0) is 6.42 Å². The van der Waals surface area contributed by atoms with Crippen LogP contribution in [-0.4, -0.2) is 10.6 Å². The van der Waals surface area contributed by atoms with E-state index in [1.807, 2.05) is 12.1 Å². The molecule has 18 heavy (non-hydrogen) atoms. The lowest BCUT2D eigenvalue weighted by Gasteiger charge is -2.28.